The Balaban J connectivity index is 1.99. The van der Waals surface area contributed by atoms with Crippen molar-refractivity contribution in [2.45, 2.75) is 19.4 Å². The minimum atomic E-state index is -0.131. The average molecular weight is 219 g/mol. The monoisotopic (exact) mass is 219 g/mol. The molecule has 1 N–H and O–H groups in total. The number of carbonyl (C=O) groups excluding carboxylic acids is 1. The Hall–Kier alpha value is -1.19. The Labute approximate surface area is 95.8 Å². The first-order valence-corrected chi connectivity index (χ1v) is 5.66. The lowest BCUT2D eigenvalue weighted by atomic mass is 10.00. The van der Waals surface area contributed by atoms with E-state index in [1.807, 2.05) is 31.2 Å². The molecule has 16 heavy (non-hydrogen) atoms. The van der Waals surface area contributed by atoms with E-state index in [0.717, 1.165) is 12.1 Å². The Morgan fingerprint density at radius 2 is 2.31 bits per heavy atom. The number of benzene rings is 1. The van der Waals surface area contributed by atoms with Crippen LogP contribution in [0, 0.1) is 6.92 Å². The van der Waals surface area contributed by atoms with E-state index in [1.165, 1.54) is 5.56 Å². The highest BCUT2D eigenvalue weighted by Gasteiger charge is 2.21. The van der Waals surface area contributed by atoms with Gasteiger partial charge in [-0.3, -0.25) is 4.79 Å². The number of morpholine rings is 1. The number of ketones is 1. The molecule has 2 rings (SSSR count). The van der Waals surface area contributed by atoms with E-state index in [4.69, 9.17) is 4.74 Å². The number of hydrogen-bond donors (Lipinski definition) is 1. The van der Waals surface area contributed by atoms with Gasteiger partial charge in [0.2, 0.25) is 0 Å². The number of rotatable bonds is 3. The van der Waals surface area contributed by atoms with E-state index in [9.17, 15) is 4.79 Å². The quantitative estimate of drug-likeness (QED) is 0.827. The van der Waals surface area contributed by atoms with Crippen molar-refractivity contribution in [3.8, 4) is 0 Å². The first-order chi connectivity index (χ1) is 7.77. The van der Waals surface area contributed by atoms with Crippen LogP contribution in [0.1, 0.15) is 11.1 Å². The Kier molecular flexibility index (Phi) is 3.70. The second-order valence-electron chi connectivity index (χ2n) is 4.15. The molecule has 86 valence electrons. The normalized spacial score (nSPS) is 20.7. The fourth-order valence-corrected chi connectivity index (χ4v) is 1.89. The van der Waals surface area contributed by atoms with E-state index >= 15 is 0 Å². The summed E-state index contributed by atoms with van der Waals surface area (Å²) in [4.78, 5) is 12.0. The van der Waals surface area contributed by atoms with Crippen molar-refractivity contribution >= 4 is 5.78 Å². The number of Topliss-reactive ketones (excluding diaryl/α,β-unsaturated/α-hetero) is 1. The summed E-state index contributed by atoms with van der Waals surface area (Å²) in [6.07, 6.45) is 0.494. The van der Waals surface area contributed by atoms with E-state index in [0.29, 0.717) is 19.6 Å². The lowest BCUT2D eigenvalue weighted by Crippen LogP contribution is -2.47. The third-order valence-corrected chi connectivity index (χ3v) is 2.94. The first kappa shape index (κ1) is 11.3. The van der Waals surface area contributed by atoms with Gasteiger partial charge in [0, 0.05) is 13.0 Å². The molecular formula is C13H17NO2. The molecular weight excluding hydrogens is 202 g/mol. The highest BCUT2D eigenvalue weighted by atomic mass is 16.5. The van der Waals surface area contributed by atoms with Gasteiger partial charge in [-0.05, 0) is 18.1 Å². The number of aryl methyl sites for hydroxylation is 1. The van der Waals surface area contributed by atoms with Crippen LogP contribution in [-0.4, -0.2) is 31.6 Å². The molecule has 0 bridgehead atoms. The van der Waals surface area contributed by atoms with Gasteiger partial charge < -0.3 is 10.1 Å². The zero-order valence-corrected chi connectivity index (χ0v) is 9.53. The molecule has 1 atom stereocenters. The maximum Gasteiger partial charge on any atom is 0.156 e. The van der Waals surface area contributed by atoms with Crippen LogP contribution >= 0.6 is 0 Å². The summed E-state index contributed by atoms with van der Waals surface area (Å²) in [6, 6.07) is 7.88. The number of carbonyl (C=O) groups is 1. The summed E-state index contributed by atoms with van der Waals surface area (Å²) >= 11 is 0. The molecule has 1 aromatic carbocycles. The minimum Gasteiger partial charge on any atom is -0.378 e. The Bertz CT molecular complexity index is 370. The predicted molar refractivity (Wildman–Crippen MR) is 62.5 cm³/mol. The van der Waals surface area contributed by atoms with Gasteiger partial charge in [-0.25, -0.2) is 0 Å². The summed E-state index contributed by atoms with van der Waals surface area (Å²) in [5.74, 6) is 0.217. The van der Waals surface area contributed by atoms with Gasteiger partial charge in [-0.15, -0.1) is 0 Å². The van der Waals surface area contributed by atoms with Gasteiger partial charge >= 0.3 is 0 Å². The highest BCUT2D eigenvalue weighted by Crippen LogP contribution is 2.09. The van der Waals surface area contributed by atoms with Gasteiger partial charge in [0.05, 0.1) is 19.3 Å². The molecule has 1 fully saturated rings. The molecule has 1 saturated heterocycles. The van der Waals surface area contributed by atoms with Crippen molar-refractivity contribution in [2.24, 2.45) is 0 Å². The van der Waals surface area contributed by atoms with Crippen LogP contribution in [0.4, 0.5) is 0 Å². The van der Waals surface area contributed by atoms with Crippen molar-refractivity contribution in [3.63, 3.8) is 0 Å². The molecule has 3 heteroatoms. The Morgan fingerprint density at radius 1 is 1.50 bits per heavy atom. The molecule has 0 spiro atoms. The van der Waals surface area contributed by atoms with Crippen LogP contribution < -0.4 is 5.32 Å². The largest absolute Gasteiger partial charge is 0.378 e. The van der Waals surface area contributed by atoms with Gasteiger partial charge in [0.15, 0.2) is 5.78 Å². The van der Waals surface area contributed by atoms with Gasteiger partial charge in [0.1, 0.15) is 0 Å². The smallest absolute Gasteiger partial charge is 0.156 e. The topological polar surface area (TPSA) is 38.3 Å². The van der Waals surface area contributed by atoms with Crippen LogP contribution in [0.2, 0.25) is 0 Å². The number of nitrogens with one attached hydrogen (secondary N) is 1. The number of ether oxygens (including phenoxy) is 1. The lowest BCUT2D eigenvalue weighted by Gasteiger charge is -2.22. The van der Waals surface area contributed by atoms with Crippen LogP contribution in [-0.2, 0) is 16.0 Å². The van der Waals surface area contributed by atoms with E-state index in [2.05, 4.69) is 5.32 Å². The molecule has 0 aliphatic carbocycles. The standard InChI is InChI=1S/C13H17NO2/c1-10-4-2-3-5-11(10)8-13(15)12-9-16-7-6-14-12/h2-5,12,14H,6-9H2,1H3. The summed E-state index contributed by atoms with van der Waals surface area (Å²) < 4.78 is 5.29. The number of hydrogen-bond acceptors (Lipinski definition) is 3. The maximum absolute atomic E-state index is 12.0. The molecule has 1 aromatic rings. The van der Waals surface area contributed by atoms with Crippen molar-refractivity contribution in [1.82, 2.24) is 5.32 Å². The van der Waals surface area contributed by atoms with Gasteiger partial charge in [-0.2, -0.15) is 0 Å². The molecule has 1 aliphatic heterocycles. The van der Waals surface area contributed by atoms with Crippen LogP contribution in [0.5, 0.6) is 0 Å². The maximum atomic E-state index is 12.0. The minimum absolute atomic E-state index is 0.131. The SMILES string of the molecule is Cc1ccccc1CC(=O)C1COCCN1. The fourth-order valence-electron chi connectivity index (χ4n) is 1.89. The van der Waals surface area contributed by atoms with Crippen LogP contribution in [0.3, 0.4) is 0 Å². The van der Waals surface area contributed by atoms with Crippen LogP contribution in [0.25, 0.3) is 0 Å². The van der Waals surface area contributed by atoms with Crippen LogP contribution in [0.15, 0.2) is 24.3 Å². The van der Waals surface area contributed by atoms with Gasteiger partial charge in [0.25, 0.3) is 0 Å². The van der Waals surface area contributed by atoms with E-state index in [-0.39, 0.29) is 11.8 Å². The molecule has 0 radical (unpaired) electrons. The summed E-state index contributed by atoms with van der Waals surface area (Å²) in [5, 5.41) is 3.18. The third-order valence-electron chi connectivity index (χ3n) is 2.94. The molecule has 1 unspecified atom stereocenters. The van der Waals surface area contributed by atoms with Crippen molar-refractivity contribution in [1.29, 1.82) is 0 Å². The van der Waals surface area contributed by atoms with Crippen molar-refractivity contribution in [3.05, 3.63) is 35.4 Å². The second kappa shape index (κ2) is 5.23. The Morgan fingerprint density at radius 3 is 3.00 bits per heavy atom. The molecule has 0 saturated carbocycles. The predicted octanol–water partition coefficient (Wildman–Crippen LogP) is 1.10. The summed E-state index contributed by atoms with van der Waals surface area (Å²) in [7, 11) is 0. The molecule has 0 amide bonds. The molecule has 0 aromatic heterocycles. The first-order valence-electron chi connectivity index (χ1n) is 5.66. The molecule has 3 nitrogen and oxygen atoms in total. The average Bonchev–Trinajstić information content (AvgIpc) is 2.33. The third kappa shape index (κ3) is 2.68. The van der Waals surface area contributed by atoms with Gasteiger partial charge in [-0.1, -0.05) is 24.3 Å². The van der Waals surface area contributed by atoms with Crippen molar-refractivity contribution in [2.75, 3.05) is 19.8 Å². The zero-order valence-electron chi connectivity index (χ0n) is 9.53. The van der Waals surface area contributed by atoms with E-state index in [1.54, 1.807) is 0 Å². The zero-order chi connectivity index (χ0) is 11.4. The summed E-state index contributed by atoms with van der Waals surface area (Å²) in [6.45, 7) is 4.01. The summed E-state index contributed by atoms with van der Waals surface area (Å²) in [5.41, 5.74) is 2.28. The lowest BCUT2D eigenvalue weighted by molar-refractivity contribution is -0.123. The molecule has 1 heterocycles. The fraction of sp³-hybridized carbons (Fsp3) is 0.462. The van der Waals surface area contributed by atoms with Crippen molar-refractivity contribution < 1.29 is 9.53 Å². The highest BCUT2D eigenvalue weighted by molar-refractivity contribution is 5.86. The molecule has 1 aliphatic rings. The van der Waals surface area contributed by atoms with E-state index < -0.39 is 0 Å². The second-order valence-corrected chi connectivity index (χ2v) is 4.15.